The average molecular weight is 130 g/mol. The quantitative estimate of drug-likeness (QED) is 0.522. The summed E-state index contributed by atoms with van der Waals surface area (Å²) in [5.41, 5.74) is 1.07. The van der Waals surface area contributed by atoms with Crippen LogP contribution in [0.4, 0.5) is 0 Å². The van der Waals surface area contributed by atoms with E-state index in [9.17, 15) is 0 Å². The van der Waals surface area contributed by atoms with Gasteiger partial charge < -0.3 is 4.74 Å². The molecule has 56 valence electrons. The van der Waals surface area contributed by atoms with Gasteiger partial charge in [0.05, 0.1) is 6.10 Å². The Morgan fingerprint density at radius 3 is 1.78 bits per heavy atom. The fourth-order valence-electron chi connectivity index (χ4n) is 0.201. The topological polar surface area (TPSA) is 9.23 Å². The Hall–Kier alpha value is -0.300. The predicted molar refractivity (Wildman–Crippen MR) is 42.6 cm³/mol. The zero-order chi connectivity index (χ0) is 7.86. The zero-order valence-electron chi connectivity index (χ0n) is 7.19. The van der Waals surface area contributed by atoms with Crippen molar-refractivity contribution in [1.29, 1.82) is 0 Å². The molecule has 1 atom stereocenters. The Kier molecular flexibility index (Phi) is 9.83. The van der Waals surface area contributed by atoms with Crippen LogP contribution >= 0.6 is 0 Å². The van der Waals surface area contributed by atoms with Crippen LogP contribution in [0.2, 0.25) is 0 Å². The number of hydrogen-bond acceptors (Lipinski definition) is 1. The van der Waals surface area contributed by atoms with Crippen LogP contribution in [0, 0.1) is 0 Å². The first-order valence-corrected chi connectivity index (χ1v) is 3.36. The molecule has 0 bridgehead atoms. The maximum atomic E-state index is 4.91. The lowest BCUT2D eigenvalue weighted by Gasteiger charge is -2.05. The number of methoxy groups -OCH3 is 1. The van der Waals surface area contributed by atoms with Crippen molar-refractivity contribution in [2.45, 2.75) is 33.8 Å². The van der Waals surface area contributed by atoms with E-state index >= 15 is 0 Å². The zero-order valence-corrected chi connectivity index (χ0v) is 7.19. The van der Waals surface area contributed by atoms with Crippen LogP contribution in [0.25, 0.3) is 0 Å². The van der Waals surface area contributed by atoms with Crippen LogP contribution in [0.15, 0.2) is 12.2 Å². The molecule has 0 aliphatic heterocycles. The maximum Gasteiger partial charge on any atom is 0.0747 e. The minimum atomic E-state index is 0.208. The Bertz CT molecular complexity index is 67.0. The third kappa shape index (κ3) is 7.70. The van der Waals surface area contributed by atoms with Crippen molar-refractivity contribution in [2.24, 2.45) is 0 Å². The van der Waals surface area contributed by atoms with Crippen LogP contribution in [-0.4, -0.2) is 13.2 Å². The lowest BCUT2D eigenvalue weighted by molar-refractivity contribution is 0.147. The van der Waals surface area contributed by atoms with E-state index in [0.29, 0.717) is 0 Å². The minimum absolute atomic E-state index is 0.208. The SMILES string of the molecule is C=C(C)C(C)OC.CC. The largest absolute Gasteiger partial charge is 0.377 e. The Labute approximate surface area is 58.7 Å². The van der Waals surface area contributed by atoms with E-state index in [4.69, 9.17) is 4.74 Å². The number of hydrogen-bond donors (Lipinski definition) is 0. The molecule has 0 saturated carbocycles. The fraction of sp³-hybridized carbons (Fsp3) is 0.750. The van der Waals surface area contributed by atoms with Crippen LogP contribution < -0.4 is 0 Å². The van der Waals surface area contributed by atoms with E-state index in [2.05, 4.69) is 6.58 Å². The molecule has 0 aromatic rings. The van der Waals surface area contributed by atoms with E-state index in [-0.39, 0.29) is 6.10 Å². The third-order valence-corrected chi connectivity index (χ3v) is 1.05. The number of ether oxygens (including phenoxy) is 1. The van der Waals surface area contributed by atoms with Crippen molar-refractivity contribution >= 4 is 0 Å². The van der Waals surface area contributed by atoms with E-state index in [1.54, 1.807) is 7.11 Å². The summed E-state index contributed by atoms with van der Waals surface area (Å²) >= 11 is 0. The molecular weight excluding hydrogens is 112 g/mol. The van der Waals surface area contributed by atoms with Crippen molar-refractivity contribution in [2.75, 3.05) is 7.11 Å². The van der Waals surface area contributed by atoms with Gasteiger partial charge in [-0.2, -0.15) is 0 Å². The third-order valence-electron chi connectivity index (χ3n) is 1.05. The van der Waals surface area contributed by atoms with Gasteiger partial charge in [-0.1, -0.05) is 26.0 Å². The molecule has 1 nitrogen and oxygen atoms in total. The first-order chi connectivity index (χ1) is 4.18. The van der Waals surface area contributed by atoms with Crippen molar-refractivity contribution < 1.29 is 4.74 Å². The highest BCUT2D eigenvalue weighted by Gasteiger charge is 1.94. The molecule has 0 aliphatic rings. The first-order valence-electron chi connectivity index (χ1n) is 3.36. The molecule has 0 heterocycles. The van der Waals surface area contributed by atoms with Gasteiger partial charge in [-0.3, -0.25) is 0 Å². The molecular formula is C8H18O. The molecule has 0 aromatic heterocycles. The summed E-state index contributed by atoms with van der Waals surface area (Å²) in [4.78, 5) is 0. The molecule has 0 rings (SSSR count). The average Bonchev–Trinajstić information content (AvgIpc) is 1.91. The van der Waals surface area contributed by atoms with E-state index in [1.165, 1.54) is 0 Å². The van der Waals surface area contributed by atoms with Crippen LogP contribution in [0.3, 0.4) is 0 Å². The van der Waals surface area contributed by atoms with Gasteiger partial charge in [-0.05, 0) is 13.8 Å². The summed E-state index contributed by atoms with van der Waals surface area (Å²) in [5, 5.41) is 0. The molecule has 0 fully saturated rings. The normalized spacial score (nSPS) is 11.2. The highest BCUT2D eigenvalue weighted by molar-refractivity contribution is 4.94. The van der Waals surface area contributed by atoms with E-state index in [1.807, 2.05) is 27.7 Å². The van der Waals surface area contributed by atoms with Crippen molar-refractivity contribution in [3.8, 4) is 0 Å². The van der Waals surface area contributed by atoms with Crippen LogP contribution in [0.5, 0.6) is 0 Å². The van der Waals surface area contributed by atoms with E-state index < -0.39 is 0 Å². The predicted octanol–water partition coefficient (Wildman–Crippen LogP) is 2.62. The second-order valence-electron chi connectivity index (χ2n) is 1.72. The Morgan fingerprint density at radius 1 is 1.44 bits per heavy atom. The van der Waals surface area contributed by atoms with Crippen molar-refractivity contribution in [1.82, 2.24) is 0 Å². The highest BCUT2D eigenvalue weighted by atomic mass is 16.5. The summed E-state index contributed by atoms with van der Waals surface area (Å²) < 4.78 is 4.91. The fourth-order valence-corrected chi connectivity index (χ4v) is 0.201. The Balaban J connectivity index is 0. The molecule has 0 saturated heterocycles. The van der Waals surface area contributed by atoms with Gasteiger partial charge in [0.25, 0.3) is 0 Å². The summed E-state index contributed by atoms with van der Waals surface area (Å²) in [5.74, 6) is 0. The monoisotopic (exact) mass is 130 g/mol. The van der Waals surface area contributed by atoms with Crippen molar-refractivity contribution in [3.63, 3.8) is 0 Å². The van der Waals surface area contributed by atoms with Gasteiger partial charge in [0.2, 0.25) is 0 Å². The van der Waals surface area contributed by atoms with Crippen LogP contribution in [-0.2, 0) is 4.74 Å². The first kappa shape index (κ1) is 11.5. The molecule has 0 radical (unpaired) electrons. The standard InChI is InChI=1S/C6H12O.C2H6/c1-5(2)6(3)7-4;1-2/h6H,1H2,2-4H3;1-2H3. The molecule has 0 aliphatic carbocycles. The summed E-state index contributed by atoms with van der Waals surface area (Å²) in [6.45, 7) is 11.6. The van der Waals surface area contributed by atoms with Gasteiger partial charge in [-0.15, -0.1) is 0 Å². The lowest BCUT2D eigenvalue weighted by Crippen LogP contribution is -2.03. The van der Waals surface area contributed by atoms with Gasteiger partial charge in [0.1, 0.15) is 0 Å². The molecule has 1 heteroatoms. The molecule has 0 aromatic carbocycles. The Morgan fingerprint density at radius 2 is 1.78 bits per heavy atom. The van der Waals surface area contributed by atoms with Crippen molar-refractivity contribution in [3.05, 3.63) is 12.2 Å². The molecule has 0 spiro atoms. The summed E-state index contributed by atoms with van der Waals surface area (Å²) in [6.07, 6.45) is 0.208. The second-order valence-corrected chi connectivity index (χ2v) is 1.72. The van der Waals surface area contributed by atoms with Gasteiger partial charge in [-0.25, -0.2) is 0 Å². The van der Waals surface area contributed by atoms with Gasteiger partial charge in [0.15, 0.2) is 0 Å². The molecule has 0 N–H and O–H groups in total. The summed E-state index contributed by atoms with van der Waals surface area (Å²) in [7, 11) is 1.68. The van der Waals surface area contributed by atoms with Gasteiger partial charge in [0, 0.05) is 7.11 Å². The highest BCUT2D eigenvalue weighted by Crippen LogP contribution is 1.98. The smallest absolute Gasteiger partial charge is 0.0747 e. The molecule has 0 amide bonds. The molecule has 9 heavy (non-hydrogen) atoms. The van der Waals surface area contributed by atoms with Gasteiger partial charge >= 0.3 is 0 Å². The molecule has 1 unspecified atom stereocenters. The summed E-state index contributed by atoms with van der Waals surface area (Å²) in [6, 6.07) is 0. The van der Waals surface area contributed by atoms with E-state index in [0.717, 1.165) is 5.57 Å². The second kappa shape index (κ2) is 7.70. The lowest BCUT2D eigenvalue weighted by atomic mass is 10.2. The number of rotatable bonds is 2. The minimum Gasteiger partial charge on any atom is -0.377 e. The van der Waals surface area contributed by atoms with Crippen LogP contribution in [0.1, 0.15) is 27.7 Å². The maximum absolute atomic E-state index is 4.91.